The second kappa shape index (κ2) is 5.88. The third-order valence-electron chi connectivity index (χ3n) is 3.72. The molecule has 0 saturated carbocycles. The van der Waals surface area contributed by atoms with Crippen molar-refractivity contribution in [3.63, 3.8) is 0 Å². The third kappa shape index (κ3) is 3.00. The van der Waals surface area contributed by atoms with Gasteiger partial charge in [-0.15, -0.1) is 0 Å². The van der Waals surface area contributed by atoms with E-state index in [9.17, 15) is 0 Å². The zero-order valence-electron chi connectivity index (χ0n) is 12.1. The van der Waals surface area contributed by atoms with Crippen molar-refractivity contribution in [3.05, 3.63) is 58.7 Å². The van der Waals surface area contributed by atoms with Gasteiger partial charge in [0.1, 0.15) is 11.5 Å². The van der Waals surface area contributed by atoms with Gasteiger partial charge in [-0.2, -0.15) is 5.26 Å². The molecule has 0 N–H and O–H groups in total. The van der Waals surface area contributed by atoms with Gasteiger partial charge in [0.2, 0.25) is 0 Å². The summed E-state index contributed by atoms with van der Waals surface area (Å²) in [5, 5.41) is 8.93. The first-order valence-electron chi connectivity index (χ1n) is 7.14. The van der Waals surface area contributed by atoms with Crippen LogP contribution in [0.1, 0.15) is 22.3 Å². The first-order valence-corrected chi connectivity index (χ1v) is 7.14. The molecule has 0 radical (unpaired) electrons. The van der Waals surface area contributed by atoms with Crippen molar-refractivity contribution in [2.45, 2.75) is 19.8 Å². The molecule has 2 aromatic rings. The SMILES string of the molecule is Cc1ccc(C#N)cc1OCCc1ccc2c(c1)CCO2. The lowest BCUT2D eigenvalue weighted by atomic mass is 10.1. The number of aryl methyl sites for hydroxylation is 1. The Morgan fingerprint density at radius 1 is 1.24 bits per heavy atom. The van der Waals surface area contributed by atoms with E-state index < -0.39 is 0 Å². The van der Waals surface area contributed by atoms with Gasteiger partial charge in [-0.1, -0.05) is 18.2 Å². The minimum atomic E-state index is 0.607. The minimum absolute atomic E-state index is 0.607. The van der Waals surface area contributed by atoms with E-state index in [1.165, 1.54) is 11.1 Å². The highest BCUT2D eigenvalue weighted by molar-refractivity contribution is 5.42. The summed E-state index contributed by atoms with van der Waals surface area (Å²) in [4.78, 5) is 0. The smallest absolute Gasteiger partial charge is 0.123 e. The molecule has 0 amide bonds. The molecular weight excluding hydrogens is 262 g/mol. The summed E-state index contributed by atoms with van der Waals surface area (Å²) in [5.74, 6) is 1.80. The Labute approximate surface area is 124 Å². The lowest BCUT2D eigenvalue weighted by molar-refractivity contribution is 0.319. The van der Waals surface area contributed by atoms with Crippen molar-refractivity contribution in [2.75, 3.05) is 13.2 Å². The standard InChI is InChI=1S/C18H17NO2/c1-13-2-3-15(12-19)11-18(13)21-8-6-14-4-5-17-16(10-14)7-9-20-17/h2-5,10-11H,6-9H2,1H3. The Kier molecular flexibility index (Phi) is 3.79. The molecule has 3 nitrogen and oxygen atoms in total. The van der Waals surface area contributed by atoms with Crippen molar-refractivity contribution in [1.29, 1.82) is 5.26 Å². The second-order valence-electron chi connectivity index (χ2n) is 5.23. The highest BCUT2D eigenvalue weighted by Crippen LogP contribution is 2.26. The molecule has 106 valence electrons. The van der Waals surface area contributed by atoms with Crippen molar-refractivity contribution in [3.8, 4) is 17.6 Å². The number of fused-ring (bicyclic) bond motifs is 1. The van der Waals surface area contributed by atoms with Crippen molar-refractivity contribution >= 4 is 0 Å². The van der Waals surface area contributed by atoms with Crippen molar-refractivity contribution in [1.82, 2.24) is 0 Å². The van der Waals surface area contributed by atoms with Gasteiger partial charge in [0.15, 0.2) is 0 Å². The molecule has 0 aromatic heterocycles. The van der Waals surface area contributed by atoms with E-state index >= 15 is 0 Å². The Morgan fingerprint density at radius 2 is 2.14 bits per heavy atom. The van der Waals surface area contributed by atoms with E-state index in [4.69, 9.17) is 14.7 Å². The zero-order chi connectivity index (χ0) is 14.7. The number of ether oxygens (including phenoxy) is 2. The molecule has 0 atom stereocenters. The third-order valence-corrected chi connectivity index (χ3v) is 3.72. The van der Waals surface area contributed by atoms with E-state index in [-0.39, 0.29) is 0 Å². The summed E-state index contributed by atoms with van der Waals surface area (Å²) in [5.41, 5.74) is 4.23. The maximum atomic E-state index is 8.93. The molecule has 0 bridgehead atoms. The van der Waals surface area contributed by atoms with Crippen LogP contribution in [0.2, 0.25) is 0 Å². The molecule has 3 heteroatoms. The van der Waals surface area contributed by atoms with Crippen LogP contribution in [0, 0.1) is 18.3 Å². The van der Waals surface area contributed by atoms with Crippen LogP contribution in [0.5, 0.6) is 11.5 Å². The molecule has 1 heterocycles. The summed E-state index contributed by atoms with van der Waals surface area (Å²) < 4.78 is 11.3. The van der Waals surface area contributed by atoms with Crippen LogP contribution in [0.3, 0.4) is 0 Å². The molecule has 1 aliphatic heterocycles. The first-order chi connectivity index (χ1) is 10.3. The number of nitrogens with zero attached hydrogens (tertiary/aromatic N) is 1. The molecule has 0 saturated heterocycles. The first kappa shape index (κ1) is 13.5. The monoisotopic (exact) mass is 279 g/mol. The van der Waals surface area contributed by atoms with Gasteiger partial charge < -0.3 is 9.47 Å². The van der Waals surface area contributed by atoms with E-state index in [1.54, 1.807) is 6.07 Å². The highest BCUT2D eigenvalue weighted by Gasteiger charge is 2.11. The Balaban J connectivity index is 1.63. The van der Waals surface area contributed by atoms with Crippen LogP contribution in [0.15, 0.2) is 36.4 Å². The highest BCUT2D eigenvalue weighted by atomic mass is 16.5. The molecule has 0 unspecified atom stereocenters. The second-order valence-corrected chi connectivity index (χ2v) is 5.23. The maximum absolute atomic E-state index is 8.93. The van der Waals surface area contributed by atoms with Crippen LogP contribution in [0.4, 0.5) is 0 Å². The van der Waals surface area contributed by atoms with Gasteiger partial charge in [-0.05, 0) is 41.8 Å². The van der Waals surface area contributed by atoms with Crippen LogP contribution in [-0.2, 0) is 12.8 Å². The Hall–Kier alpha value is -2.47. The summed E-state index contributed by atoms with van der Waals surface area (Å²) in [7, 11) is 0. The largest absolute Gasteiger partial charge is 0.493 e. The Bertz CT molecular complexity index is 701. The van der Waals surface area contributed by atoms with Gasteiger partial charge in [0.05, 0.1) is 24.8 Å². The van der Waals surface area contributed by atoms with Crippen molar-refractivity contribution in [2.24, 2.45) is 0 Å². The lowest BCUT2D eigenvalue weighted by Gasteiger charge is -2.10. The molecule has 2 aromatic carbocycles. The fraction of sp³-hybridized carbons (Fsp3) is 0.278. The predicted octanol–water partition coefficient (Wildman–Crippen LogP) is 3.42. The van der Waals surface area contributed by atoms with E-state index in [1.807, 2.05) is 25.1 Å². The Morgan fingerprint density at radius 3 is 3.00 bits per heavy atom. The molecule has 0 spiro atoms. The van der Waals surface area contributed by atoms with Crippen LogP contribution >= 0.6 is 0 Å². The van der Waals surface area contributed by atoms with E-state index in [0.29, 0.717) is 12.2 Å². The van der Waals surface area contributed by atoms with Gasteiger partial charge in [-0.25, -0.2) is 0 Å². The predicted molar refractivity (Wildman–Crippen MR) is 80.7 cm³/mol. The molecule has 3 rings (SSSR count). The minimum Gasteiger partial charge on any atom is -0.493 e. The van der Waals surface area contributed by atoms with Crippen LogP contribution in [-0.4, -0.2) is 13.2 Å². The number of nitriles is 1. The molecule has 0 fully saturated rings. The summed E-state index contributed by atoms with van der Waals surface area (Å²) in [6.45, 7) is 3.38. The van der Waals surface area contributed by atoms with Gasteiger partial charge in [0.25, 0.3) is 0 Å². The van der Waals surface area contributed by atoms with Crippen molar-refractivity contribution < 1.29 is 9.47 Å². The van der Waals surface area contributed by atoms with Gasteiger partial charge >= 0.3 is 0 Å². The number of hydrogen-bond donors (Lipinski definition) is 0. The zero-order valence-corrected chi connectivity index (χ0v) is 12.1. The molecular formula is C18H17NO2. The van der Waals surface area contributed by atoms with Gasteiger partial charge in [-0.3, -0.25) is 0 Å². The molecule has 1 aliphatic rings. The summed E-state index contributed by atoms with van der Waals surface area (Å²) in [6.07, 6.45) is 1.84. The fourth-order valence-electron chi connectivity index (χ4n) is 2.50. The van der Waals surface area contributed by atoms with E-state index in [2.05, 4.69) is 18.2 Å². The van der Waals surface area contributed by atoms with Crippen LogP contribution < -0.4 is 9.47 Å². The average molecular weight is 279 g/mol. The molecule has 21 heavy (non-hydrogen) atoms. The topological polar surface area (TPSA) is 42.2 Å². The lowest BCUT2D eigenvalue weighted by Crippen LogP contribution is -2.03. The normalized spacial score (nSPS) is 12.4. The van der Waals surface area contributed by atoms with E-state index in [0.717, 1.165) is 36.5 Å². The number of benzene rings is 2. The maximum Gasteiger partial charge on any atom is 0.123 e. The summed E-state index contributed by atoms with van der Waals surface area (Å²) >= 11 is 0. The number of rotatable bonds is 4. The fourth-order valence-corrected chi connectivity index (χ4v) is 2.50. The van der Waals surface area contributed by atoms with Crippen LogP contribution in [0.25, 0.3) is 0 Å². The molecule has 0 aliphatic carbocycles. The average Bonchev–Trinajstić information content (AvgIpc) is 2.97. The quantitative estimate of drug-likeness (QED) is 0.861. The number of hydrogen-bond acceptors (Lipinski definition) is 3. The van der Waals surface area contributed by atoms with Gasteiger partial charge in [0, 0.05) is 12.8 Å². The summed E-state index contributed by atoms with van der Waals surface area (Å²) in [6, 6.07) is 14.0.